The van der Waals surface area contributed by atoms with E-state index in [9.17, 15) is 18.0 Å². The van der Waals surface area contributed by atoms with Gasteiger partial charge in [-0.15, -0.1) is 0 Å². The second kappa shape index (κ2) is 8.62. The summed E-state index contributed by atoms with van der Waals surface area (Å²) < 4.78 is 36.0. The lowest BCUT2D eigenvalue weighted by Gasteiger charge is -2.38. The molecule has 12 heteroatoms. The Hall–Kier alpha value is -2.79. The van der Waals surface area contributed by atoms with E-state index in [1.54, 1.807) is 27.7 Å². The minimum Gasteiger partial charge on any atom is -0.486 e. The van der Waals surface area contributed by atoms with E-state index in [1.807, 2.05) is 0 Å². The largest absolute Gasteiger partial charge is 0.486 e. The van der Waals surface area contributed by atoms with Crippen LogP contribution in [-0.4, -0.2) is 48.3 Å². The van der Waals surface area contributed by atoms with Crippen molar-refractivity contribution < 1.29 is 27.9 Å². The van der Waals surface area contributed by atoms with Crippen molar-refractivity contribution in [3.8, 4) is 5.75 Å². The van der Waals surface area contributed by atoms with Crippen LogP contribution in [0.1, 0.15) is 32.8 Å². The molecule has 2 N–H and O–H groups in total. The number of benzene rings is 1. The summed E-state index contributed by atoms with van der Waals surface area (Å²) in [5, 5.41) is 15.3. The maximum atomic E-state index is 13.7. The molecule has 1 atom stereocenters. The number of fused-ring (bicyclic) bond motifs is 1. The topological polar surface area (TPSA) is 131 Å². The van der Waals surface area contributed by atoms with Crippen LogP contribution in [0.3, 0.4) is 0 Å². The summed E-state index contributed by atoms with van der Waals surface area (Å²) in [6.45, 7) is 7.22. The van der Waals surface area contributed by atoms with E-state index in [4.69, 9.17) is 21.4 Å². The molecular formula is C20H25ClN4O6S. The number of hydrogen-bond acceptors (Lipinski definition) is 6. The third-order valence-electron chi connectivity index (χ3n) is 5.20. The van der Waals surface area contributed by atoms with Crippen LogP contribution >= 0.6 is 11.6 Å². The Bertz CT molecular complexity index is 1160. The van der Waals surface area contributed by atoms with Crippen LogP contribution in [-0.2, 0) is 21.4 Å². The maximum Gasteiger partial charge on any atom is 0.409 e. The van der Waals surface area contributed by atoms with Crippen LogP contribution in [0.25, 0.3) is 0 Å². The first-order valence-corrected chi connectivity index (χ1v) is 11.7. The lowest BCUT2D eigenvalue weighted by molar-refractivity contribution is -0.115. The van der Waals surface area contributed by atoms with Crippen molar-refractivity contribution in [2.75, 3.05) is 16.2 Å². The number of rotatable bonds is 7. The molecule has 2 heterocycles. The summed E-state index contributed by atoms with van der Waals surface area (Å²) >= 11 is 6.15. The average molecular weight is 485 g/mol. The summed E-state index contributed by atoms with van der Waals surface area (Å²) in [5.41, 5.74) is 0.0710. The Kier molecular flexibility index (Phi) is 6.43. The number of nitrogens with zero attached hydrogens (tertiary/aromatic N) is 3. The average Bonchev–Trinajstić information content (AvgIpc) is 3.10. The molecule has 1 aromatic carbocycles. The van der Waals surface area contributed by atoms with Crippen molar-refractivity contribution in [1.29, 1.82) is 0 Å². The normalized spacial score (nSPS) is 16.3. The first kappa shape index (κ1) is 23.9. The number of halogens is 1. The van der Waals surface area contributed by atoms with Crippen molar-refractivity contribution in [2.45, 2.75) is 51.7 Å². The van der Waals surface area contributed by atoms with Crippen LogP contribution in [0.4, 0.5) is 16.2 Å². The predicted octanol–water partition coefficient (Wildman–Crippen LogP) is 3.53. The van der Waals surface area contributed by atoms with Gasteiger partial charge in [-0.05, 0) is 32.4 Å². The van der Waals surface area contributed by atoms with Gasteiger partial charge in [-0.25, -0.2) is 13.2 Å². The fourth-order valence-electron chi connectivity index (χ4n) is 3.62. The van der Waals surface area contributed by atoms with Gasteiger partial charge < -0.3 is 14.6 Å². The third kappa shape index (κ3) is 4.53. The molecule has 1 aliphatic heterocycles. The summed E-state index contributed by atoms with van der Waals surface area (Å²) in [6, 6.07) is 3.01. The van der Waals surface area contributed by atoms with Crippen LogP contribution < -0.4 is 14.4 Å². The minimum atomic E-state index is -4.18. The number of nitrogens with one attached hydrogen (secondary N) is 1. The zero-order valence-corrected chi connectivity index (χ0v) is 19.7. The van der Waals surface area contributed by atoms with Crippen LogP contribution in [0.5, 0.6) is 5.75 Å². The second-order valence-corrected chi connectivity index (χ2v) is 10.4. The number of ether oxygens (including phenoxy) is 1. The molecule has 1 aromatic heterocycles. The molecule has 2 aromatic rings. The molecule has 10 nitrogen and oxygen atoms in total. The van der Waals surface area contributed by atoms with Gasteiger partial charge in [0.1, 0.15) is 23.0 Å². The molecular weight excluding hydrogens is 460 g/mol. The highest BCUT2D eigenvalue weighted by Crippen LogP contribution is 2.44. The van der Waals surface area contributed by atoms with Gasteiger partial charge in [0.25, 0.3) is 10.0 Å². The minimum absolute atomic E-state index is 0.0857. The molecule has 1 amide bonds. The molecule has 1 unspecified atom stereocenters. The summed E-state index contributed by atoms with van der Waals surface area (Å²) in [6.07, 6.45) is 0.536. The van der Waals surface area contributed by atoms with E-state index in [0.717, 1.165) is 10.6 Å². The van der Waals surface area contributed by atoms with Gasteiger partial charge in [0.15, 0.2) is 5.15 Å². The number of carbonyl (C=O) groups excluding carboxylic acids is 1. The number of aromatic nitrogens is 2. The Labute approximate surface area is 191 Å². The number of aryl methyl sites for hydroxylation is 1. The number of hydrogen-bond donors (Lipinski definition) is 2. The lowest BCUT2D eigenvalue weighted by Crippen LogP contribution is -2.45. The van der Waals surface area contributed by atoms with Crippen molar-refractivity contribution in [1.82, 2.24) is 9.78 Å². The first-order valence-electron chi connectivity index (χ1n) is 9.92. The smallest absolute Gasteiger partial charge is 0.409 e. The highest BCUT2D eigenvalue weighted by molar-refractivity contribution is 7.93. The van der Waals surface area contributed by atoms with Crippen molar-refractivity contribution >= 4 is 45.4 Å². The monoisotopic (exact) mass is 484 g/mol. The Balaban J connectivity index is 2.16. The number of aldehydes is 1. The van der Waals surface area contributed by atoms with E-state index in [1.165, 1.54) is 23.0 Å². The first-order chi connectivity index (χ1) is 14.9. The van der Waals surface area contributed by atoms with Crippen molar-refractivity contribution in [3.63, 3.8) is 0 Å². The van der Waals surface area contributed by atoms with Gasteiger partial charge in [-0.3, -0.25) is 14.3 Å². The fraction of sp³-hybridized carbons (Fsp3) is 0.450. The lowest BCUT2D eigenvalue weighted by atomic mass is 9.88. The zero-order chi connectivity index (χ0) is 23.8. The molecule has 3 rings (SSSR count). The zero-order valence-electron chi connectivity index (χ0n) is 18.1. The van der Waals surface area contributed by atoms with Gasteiger partial charge in [-0.2, -0.15) is 5.10 Å². The van der Waals surface area contributed by atoms with Gasteiger partial charge in [0.2, 0.25) is 0 Å². The van der Waals surface area contributed by atoms with Crippen molar-refractivity contribution in [2.24, 2.45) is 5.41 Å². The van der Waals surface area contributed by atoms with E-state index < -0.39 is 27.6 Å². The van der Waals surface area contributed by atoms with E-state index in [-0.39, 0.29) is 40.1 Å². The number of amides is 1. The highest BCUT2D eigenvalue weighted by atomic mass is 35.5. The number of sulfonamides is 1. The van der Waals surface area contributed by atoms with Crippen LogP contribution in [0.15, 0.2) is 23.2 Å². The van der Waals surface area contributed by atoms with Gasteiger partial charge in [0, 0.05) is 29.4 Å². The molecule has 32 heavy (non-hydrogen) atoms. The van der Waals surface area contributed by atoms with E-state index in [2.05, 4.69) is 10.4 Å². The standard InChI is InChI=1S/C20H25ClN4O6S/c1-5-24-10-16(18(21)23-24)32(29,30)25-9-13(8-20(3,4)11-26)31-15-7-6-14(22-19(27)28)12(2)17(15)25/h6-7,10-11,13,22H,5,8-9H2,1-4H3,(H,27,28). The SMILES string of the molecule is CCn1cc(S(=O)(=O)N2CC(CC(C)(C)C=O)Oc3ccc(NC(=O)O)c(C)c32)c(Cl)n1. The fourth-order valence-corrected chi connectivity index (χ4v) is 5.63. The van der Waals surface area contributed by atoms with Gasteiger partial charge >= 0.3 is 6.09 Å². The molecule has 0 fully saturated rings. The third-order valence-corrected chi connectivity index (χ3v) is 7.36. The number of carbonyl (C=O) groups is 2. The molecule has 1 aliphatic rings. The second-order valence-electron chi connectivity index (χ2n) is 8.24. The molecule has 0 saturated carbocycles. The Morgan fingerprint density at radius 3 is 2.69 bits per heavy atom. The highest BCUT2D eigenvalue weighted by Gasteiger charge is 2.40. The van der Waals surface area contributed by atoms with Crippen molar-refractivity contribution in [3.05, 3.63) is 29.0 Å². The molecule has 0 radical (unpaired) electrons. The molecule has 174 valence electrons. The van der Waals surface area contributed by atoms with Crippen LogP contribution in [0.2, 0.25) is 5.15 Å². The van der Waals surface area contributed by atoms with E-state index in [0.29, 0.717) is 12.1 Å². The van der Waals surface area contributed by atoms with E-state index >= 15 is 0 Å². The quantitative estimate of drug-likeness (QED) is 0.574. The summed E-state index contributed by atoms with van der Waals surface area (Å²) in [4.78, 5) is 22.5. The Morgan fingerprint density at radius 1 is 1.44 bits per heavy atom. The Morgan fingerprint density at radius 2 is 2.12 bits per heavy atom. The molecule has 0 spiro atoms. The van der Waals surface area contributed by atoms with Gasteiger partial charge in [-0.1, -0.05) is 25.4 Å². The van der Waals surface area contributed by atoms with Gasteiger partial charge in [0.05, 0.1) is 12.2 Å². The summed E-state index contributed by atoms with van der Waals surface area (Å²) in [5.74, 6) is 0.263. The molecule has 0 aliphatic carbocycles. The number of anilines is 2. The molecule has 0 saturated heterocycles. The predicted molar refractivity (Wildman–Crippen MR) is 119 cm³/mol. The summed E-state index contributed by atoms with van der Waals surface area (Å²) in [7, 11) is -4.18. The maximum absolute atomic E-state index is 13.7. The number of carboxylic acid groups (broad SMARTS) is 1. The van der Waals surface area contributed by atoms with Crippen LogP contribution in [0, 0.1) is 12.3 Å². The molecule has 0 bridgehead atoms.